The molecule has 3 rings (SSSR count). The van der Waals surface area contributed by atoms with E-state index in [0.717, 1.165) is 50.5 Å². The summed E-state index contributed by atoms with van der Waals surface area (Å²) in [5.41, 5.74) is 0.673. The van der Waals surface area contributed by atoms with Crippen LogP contribution in [0.25, 0.3) is 0 Å². The van der Waals surface area contributed by atoms with E-state index in [-0.39, 0.29) is 5.91 Å². The summed E-state index contributed by atoms with van der Waals surface area (Å²) in [7, 11) is 3.50. The fourth-order valence-electron chi connectivity index (χ4n) is 3.18. The summed E-state index contributed by atoms with van der Waals surface area (Å²) in [4.78, 5) is 14.4. The van der Waals surface area contributed by atoms with Crippen LogP contribution in [0.4, 0.5) is 0 Å². The molecule has 0 bridgehead atoms. The quantitative estimate of drug-likeness (QED) is 0.727. The lowest BCUT2D eigenvalue weighted by Crippen LogP contribution is -2.30. The van der Waals surface area contributed by atoms with Crippen molar-refractivity contribution in [1.29, 1.82) is 0 Å². The van der Waals surface area contributed by atoms with Gasteiger partial charge in [-0.15, -0.1) is 0 Å². The van der Waals surface area contributed by atoms with E-state index in [1.165, 1.54) is 0 Å². The molecule has 5 nitrogen and oxygen atoms in total. The highest BCUT2D eigenvalue weighted by Crippen LogP contribution is 2.24. The predicted octanol–water partition coefficient (Wildman–Crippen LogP) is 4.38. The zero-order chi connectivity index (χ0) is 19.1. The third kappa shape index (κ3) is 5.47. The summed E-state index contributed by atoms with van der Waals surface area (Å²) in [6.45, 7) is 2.46. The summed E-state index contributed by atoms with van der Waals surface area (Å²) in [5, 5.41) is 0. The minimum atomic E-state index is 0.0399. The van der Waals surface area contributed by atoms with Crippen molar-refractivity contribution in [3.8, 4) is 17.2 Å². The minimum Gasteiger partial charge on any atom is -0.497 e. The van der Waals surface area contributed by atoms with E-state index in [1.807, 2.05) is 55.6 Å². The van der Waals surface area contributed by atoms with Crippen LogP contribution < -0.4 is 9.47 Å². The SMILES string of the molecule is COc1ccc(Oc2ccc(C(=O)N(C)CCC3CCOCC3)cc2)cc1. The third-order valence-electron chi connectivity index (χ3n) is 4.96. The van der Waals surface area contributed by atoms with E-state index >= 15 is 0 Å². The summed E-state index contributed by atoms with van der Waals surface area (Å²) >= 11 is 0. The first kappa shape index (κ1) is 19.2. The van der Waals surface area contributed by atoms with Gasteiger partial charge in [0.05, 0.1) is 7.11 Å². The van der Waals surface area contributed by atoms with Crippen LogP contribution >= 0.6 is 0 Å². The number of carbonyl (C=O) groups excluding carboxylic acids is 1. The molecule has 1 aliphatic rings. The molecule has 0 atom stereocenters. The van der Waals surface area contributed by atoms with Crippen molar-refractivity contribution >= 4 is 5.91 Å². The molecule has 0 unspecified atom stereocenters. The molecule has 0 saturated carbocycles. The molecule has 0 aliphatic carbocycles. The number of amides is 1. The van der Waals surface area contributed by atoms with Gasteiger partial charge in [0.25, 0.3) is 5.91 Å². The Hall–Kier alpha value is -2.53. The van der Waals surface area contributed by atoms with Crippen LogP contribution in [0.1, 0.15) is 29.6 Å². The van der Waals surface area contributed by atoms with Crippen molar-refractivity contribution in [2.24, 2.45) is 5.92 Å². The number of hydrogen-bond acceptors (Lipinski definition) is 4. The van der Waals surface area contributed by atoms with Crippen LogP contribution in [0.2, 0.25) is 0 Å². The first-order valence-corrected chi connectivity index (χ1v) is 9.41. The Kier molecular flexibility index (Phi) is 6.71. The lowest BCUT2D eigenvalue weighted by atomic mass is 9.96. The van der Waals surface area contributed by atoms with Crippen molar-refractivity contribution in [3.05, 3.63) is 54.1 Å². The Morgan fingerprint density at radius 3 is 2.15 bits per heavy atom. The number of nitrogens with zero attached hydrogens (tertiary/aromatic N) is 1. The molecule has 0 spiro atoms. The molecule has 2 aromatic rings. The van der Waals surface area contributed by atoms with Crippen LogP contribution in [0.5, 0.6) is 17.2 Å². The molecule has 0 N–H and O–H groups in total. The molecule has 1 amide bonds. The number of ether oxygens (including phenoxy) is 3. The van der Waals surface area contributed by atoms with Crippen LogP contribution in [0.15, 0.2) is 48.5 Å². The first-order valence-electron chi connectivity index (χ1n) is 9.41. The molecular formula is C22H27NO4. The topological polar surface area (TPSA) is 48.0 Å². The summed E-state index contributed by atoms with van der Waals surface area (Å²) in [6, 6.07) is 14.7. The molecule has 5 heteroatoms. The Morgan fingerprint density at radius 2 is 1.56 bits per heavy atom. The highest BCUT2D eigenvalue weighted by Gasteiger charge is 2.17. The van der Waals surface area contributed by atoms with Gasteiger partial charge in [0.2, 0.25) is 0 Å². The van der Waals surface area contributed by atoms with Crippen molar-refractivity contribution in [2.45, 2.75) is 19.3 Å². The summed E-state index contributed by atoms with van der Waals surface area (Å²) in [5.74, 6) is 2.91. The summed E-state index contributed by atoms with van der Waals surface area (Å²) < 4.78 is 16.3. The van der Waals surface area contributed by atoms with Crippen molar-refractivity contribution in [3.63, 3.8) is 0 Å². The van der Waals surface area contributed by atoms with Crippen molar-refractivity contribution in [2.75, 3.05) is 33.9 Å². The minimum absolute atomic E-state index is 0.0399. The second kappa shape index (κ2) is 9.42. The van der Waals surface area contributed by atoms with Gasteiger partial charge in [-0.25, -0.2) is 0 Å². The van der Waals surface area contributed by atoms with Gasteiger partial charge in [0.15, 0.2) is 0 Å². The first-order chi connectivity index (χ1) is 13.2. The highest BCUT2D eigenvalue weighted by molar-refractivity contribution is 5.94. The molecule has 27 heavy (non-hydrogen) atoms. The van der Waals surface area contributed by atoms with Crippen LogP contribution in [0.3, 0.4) is 0 Å². The molecule has 1 heterocycles. The van der Waals surface area contributed by atoms with Gasteiger partial charge >= 0.3 is 0 Å². The Bertz CT molecular complexity index is 721. The number of methoxy groups -OCH3 is 1. The number of rotatable bonds is 7. The van der Waals surface area contributed by atoms with Gasteiger partial charge < -0.3 is 19.1 Å². The molecule has 2 aromatic carbocycles. The van der Waals surface area contributed by atoms with Gasteiger partial charge in [0.1, 0.15) is 17.2 Å². The van der Waals surface area contributed by atoms with Gasteiger partial charge in [-0.05, 0) is 73.7 Å². The van der Waals surface area contributed by atoms with Crippen LogP contribution in [0, 0.1) is 5.92 Å². The van der Waals surface area contributed by atoms with E-state index in [2.05, 4.69) is 0 Å². The Labute approximate surface area is 160 Å². The standard InChI is InChI=1S/C22H27NO4/c1-23(14-11-17-12-15-26-16-13-17)22(24)18-3-5-20(6-4-18)27-21-9-7-19(25-2)8-10-21/h3-10,17H,11-16H2,1-2H3. The second-order valence-corrected chi connectivity index (χ2v) is 6.87. The number of benzene rings is 2. The van der Waals surface area contributed by atoms with Crippen molar-refractivity contribution in [1.82, 2.24) is 4.90 Å². The normalized spacial score (nSPS) is 14.6. The predicted molar refractivity (Wildman–Crippen MR) is 105 cm³/mol. The summed E-state index contributed by atoms with van der Waals surface area (Å²) in [6.07, 6.45) is 3.23. The molecular weight excluding hydrogens is 342 g/mol. The monoisotopic (exact) mass is 369 g/mol. The maximum absolute atomic E-state index is 12.6. The third-order valence-corrected chi connectivity index (χ3v) is 4.96. The Balaban J connectivity index is 1.52. The average Bonchev–Trinajstić information content (AvgIpc) is 2.73. The highest BCUT2D eigenvalue weighted by atomic mass is 16.5. The van der Waals surface area contributed by atoms with Gasteiger partial charge in [-0.2, -0.15) is 0 Å². The van der Waals surface area contributed by atoms with Gasteiger partial charge in [0, 0.05) is 32.4 Å². The lowest BCUT2D eigenvalue weighted by molar-refractivity contribution is 0.0583. The average molecular weight is 369 g/mol. The van der Waals surface area contributed by atoms with E-state index in [9.17, 15) is 4.79 Å². The largest absolute Gasteiger partial charge is 0.497 e. The van der Waals surface area contributed by atoms with E-state index in [4.69, 9.17) is 14.2 Å². The van der Waals surface area contributed by atoms with Crippen LogP contribution in [-0.2, 0) is 4.74 Å². The smallest absolute Gasteiger partial charge is 0.253 e. The lowest BCUT2D eigenvalue weighted by Gasteiger charge is -2.25. The molecule has 1 saturated heterocycles. The van der Waals surface area contributed by atoms with Crippen LogP contribution in [-0.4, -0.2) is 44.7 Å². The van der Waals surface area contributed by atoms with E-state index in [0.29, 0.717) is 17.2 Å². The Morgan fingerprint density at radius 1 is 1.00 bits per heavy atom. The molecule has 0 aromatic heterocycles. The van der Waals surface area contributed by atoms with Gasteiger partial charge in [-0.3, -0.25) is 4.79 Å². The maximum Gasteiger partial charge on any atom is 0.253 e. The zero-order valence-corrected chi connectivity index (χ0v) is 16.0. The van der Waals surface area contributed by atoms with E-state index in [1.54, 1.807) is 12.0 Å². The zero-order valence-electron chi connectivity index (χ0n) is 16.0. The molecule has 1 aliphatic heterocycles. The fraction of sp³-hybridized carbons (Fsp3) is 0.409. The molecule has 0 radical (unpaired) electrons. The molecule has 1 fully saturated rings. The van der Waals surface area contributed by atoms with Gasteiger partial charge in [-0.1, -0.05) is 0 Å². The van der Waals surface area contributed by atoms with E-state index < -0.39 is 0 Å². The number of carbonyl (C=O) groups is 1. The second-order valence-electron chi connectivity index (χ2n) is 6.87. The van der Waals surface area contributed by atoms with Crippen molar-refractivity contribution < 1.29 is 19.0 Å². The fourth-order valence-corrected chi connectivity index (χ4v) is 3.18. The molecule has 144 valence electrons. The maximum atomic E-state index is 12.6. The number of hydrogen-bond donors (Lipinski definition) is 0.